The molecule has 0 aliphatic carbocycles. The van der Waals surface area contributed by atoms with Crippen LogP contribution in [0.3, 0.4) is 0 Å². The molecule has 1 aliphatic heterocycles. The van der Waals surface area contributed by atoms with Crippen molar-refractivity contribution in [2.45, 2.75) is 31.8 Å². The van der Waals surface area contributed by atoms with Crippen LogP contribution < -0.4 is 21.9 Å². The number of nitrogen functional groups attached to an aromatic ring is 1. The molecule has 88 valence electrons. The van der Waals surface area contributed by atoms with Gasteiger partial charge in [0.05, 0.1) is 6.33 Å². The Kier molecular flexibility index (Phi) is 2.82. The lowest BCUT2D eigenvalue weighted by Crippen LogP contribution is -2.46. The number of nitrogens with zero attached hydrogens (tertiary/aromatic N) is 2. The van der Waals surface area contributed by atoms with Gasteiger partial charge in [-0.1, -0.05) is 0 Å². The van der Waals surface area contributed by atoms with Gasteiger partial charge in [0.2, 0.25) is 0 Å². The molecule has 2 heterocycles. The lowest BCUT2D eigenvalue weighted by atomic mass is 9.99. The molecule has 0 aromatic carbocycles. The van der Waals surface area contributed by atoms with Crippen molar-refractivity contribution in [2.24, 2.45) is 5.73 Å². The van der Waals surface area contributed by atoms with Gasteiger partial charge in [0.25, 0.3) is 5.56 Å². The van der Waals surface area contributed by atoms with E-state index in [4.69, 9.17) is 11.5 Å². The summed E-state index contributed by atoms with van der Waals surface area (Å²) in [6.07, 6.45) is 3.18. The van der Waals surface area contributed by atoms with Crippen molar-refractivity contribution in [2.75, 3.05) is 17.2 Å². The minimum Gasteiger partial charge on any atom is -0.391 e. The largest absolute Gasteiger partial charge is 0.391 e. The molecule has 2 unspecified atom stereocenters. The lowest BCUT2D eigenvalue weighted by molar-refractivity contribution is 0.427. The quantitative estimate of drug-likeness (QED) is 0.605. The predicted molar refractivity (Wildman–Crippen MR) is 63.3 cm³/mol. The van der Waals surface area contributed by atoms with Crippen molar-refractivity contribution in [3.8, 4) is 0 Å². The van der Waals surface area contributed by atoms with Crippen LogP contribution in [0.1, 0.15) is 19.8 Å². The van der Waals surface area contributed by atoms with E-state index in [2.05, 4.69) is 16.9 Å². The smallest absolute Gasteiger partial charge is 0.276 e. The molecule has 2 rings (SSSR count). The van der Waals surface area contributed by atoms with Gasteiger partial charge in [-0.15, -0.1) is 0 Å². The van der Waals surface area contributed by atoms with Gasteiger partial charge in [0.15, 0.2) is 5.82 Å². The summed E-state index contributed by atoms with van der Waals surface area (Å²) in [7, 11) is 0. The number of hydrogen-bond acceptors (Lipinski definition) is 5. The zero-order chi connectivity index (χ0) is 11.7. The topological polar surface area (TPSA) is 101 Å². The molecule has 5 N–H and O–H groups in total. The van der Waals surface area contributed by atoms with Crippen LogP contribution in [-0.2, 0) is 0 Å². The Bertz CT molecular complexity index is 429. The Balaban J connectivity index is 2.30. The number of anilines is 2. The normalized spacial score (nSPS) is 25.8. The number of rotatable bonds is 1. The molecular formula is C10H17N5O. The van der Waals surface area contributed by atoms with E-state index in [-0.39, 0.29) is 23.3 Å². The fourth-order valence-electron chi connectivity index (χ4n) is 2.15. The van der Waals surface area contributed by atoms with E-state index >= 15 is 0 Å². The number of aromatic nitrogens is 2. The highest BCUT2D eigenvalue weighted by Crippen LogP contribution is 2.24. The van der Waals surface area contributed by atoms with Gasteiger partial charge >= 0.3 is 0 Å². The van der Waals surface area contributed by atoms with E-state index in [9.17, 15) is 4.79 Å². The number of nitrogens with two attached hydrogens (primary N) is 2. The molecule has 1 aliphatic rings. The second-order valence-corrected chi connectivity index (χ2v) is 4.30. The minimum atomic E-state index is -0.285. The summed E-state index contributed by atoms with van der Waals surface area (Å²) in [6.45, 7) is 2.87. The molecule has 6 heteroatoms. The van der Waals surface area contributed by atoms with Gasteiger partial charge in [-0.2, -0.15) is 0 Å². The molecule has 0 spiro atoms. The Morgan fingerprint density at radius 2 is 2.38 bits per heavy atom. The second kappa shape index (κ2) is 4.13. The molecule has 1 aromatic rings. The molecule has 0 bridgehead atoms. The molecule has 0 amide bonds. The zero-order valence-corrected chi connectivity index (χ0v) is 9.31. The molecule has 6 nitrogen and oxygen atoms in total. The third-order valence-corrected chi connectivity index (χ3v) is 3.06. The molecule has 0 radical (unpaired) electrons. The first-order valence-electron chi connectivity index (χ1n) is 5.45. The van der Waals surface area contributed by atoms with Gasteiger partial charge in [0.1, 0.15) is 5.69 Å². The monoisotopic (exact) mass is 223 g/mol. The second-order valence-electron chi connectivity index (χ2n) is 4.30. The summed E-state index contributed by atoms with van der Waals surface area (Å²) < 4.78 is 0. The van der Waals surface area contributed by atoms with Gasteiger partial charge in [-0.3, -0.25) is 4.79 Å². The maximum absolute atomic E-state index is 11.4. The highest BCUT2D eigenvalue weighted by Gasteiger charge is 2.26. The molecule has 0 saturated carbocycles. The van der Waals surface area contributed by atoms with E-state index < -0.39 is 0 Å². The van der Waals surface area contributed by atoms with Crippen molar-refractivity contribution >= 4 is 11.5 Å². The summed E-state index contributed by atoms with van der Waals surface area (Å²) in [5, 5.41) is 0. The average Bonchev–Trinajstić information content (AvgIpc) is 2.23. The Labute approximate surface area is 93.7 Å². The van der Waals surface area contributed by atoms with Crippen molar-refractivity contribution in [3.63, 3.8) is 0 Å². The minimum absolute atomic E-state index is 0.185. The number of nitrogens with one attached hydrogen (secondary N) is 1. The van der Waals surface area contributed by atoms with Crippen LogP contribution in [0, 0.1) is 0 Å². The maximum atomic E-state index is 11.4. The maximum Gasteiger partial charge on any atom is 0.276 e. The SMILES string of the molecule is CC1CC(N)CCN1c1nc[nH]c(=O)c1N. The summed E-state index contributed by atoms with van der Waals surface area (Å²) in [6, 6.07) is 0.495. The highest BCUT2D eigenvalue weighted by atomic mass is 16.1. The summed E-state index contributed by atoms with van der Waals surface area (Å²) in [5.41, 5.74) is 11.5. The number of aromatic amines is 1. The predicted octanol–water partition coefficient (Wildman–Crippen LogP) is -0.332. The van der Waals surface area contributed by atoms with Gasteiger partial charge in [0, 0.05) is 18.6 Å². The van der Waals surface area contributed by atoms with Gasteiger partial charge < -0.3 is 21.4 Å². The van der Waals surface area contributed by atoms with Crippen LogP contribution in [0.25, 0.3) is 0 Å². The summed E-state index contributed by atoms with van der Waals surface area (Å²) in [4.78, 5) is 20.0. The van der Waals surface area contributed by atoms with Crippen molar-refractivity contribution < 1.29 is 0 Å². The zero-order valence-electron chi connectivity index (χ0n) is 9.31. The van der Waals surface area contributed by atoms with E-state index in [1.807, 2.05) is 4.90 Å². The van der Waals surface area contributed by atoms with E-state index in [1.54, 1.807) is 0 Å². The van der Waals surface area contributed by atoms with Crippen LogP contribution in [0.15, 0.2) is 11.1 Å². The van der Waals surface area contributed by atoms with Crippen LogP contribution in [0.5, 0.6) is 0 Å². The third-order valence-electron chi connectivity index (χ3n) is 3.06. The summed E-state index contributed by atoms with van der Waals surface area (Å²) in [5.74, 6) is 0.572. The van der Waals surface area contributed by atoms with Gasteiger partial charge in [-0.05, 0) is 19.8 Å². The molecule has 1 saturated heterocycles. The van der Waals surface area contributed by atoms with E-state index in [1.165, 1.54) is 6.33 Å². The third kappa shape index (κ3) is 1.88. The molecule has 1 aromatic heterocycles. The number of hydrogen-bond donors (Lipinski definition) is 3. The van der Waals surface area contributed by atoms with Crippen LogP contribution >= 0.6 is 0 Å². The Morgan fingerprint density at radius 1 is 1.62 bits per heavy atom. The van der Waals surface area contributed by atoms with Crippen LogP contribution in [0.4, 0.5) is 11.5 Å². The fraction of sp³-hybridized carbons (Fsp3) is 0.600. The summed E-state index contributed by atoms with van der Waals surface area (Å²) >= 11 is 0. The molecule has 2 atom stereocenters. The Hall–Kier alpha value is -1.56. The number of piperidine rings is 1. The number of H-pyrrole nitrogens is 1. The molecular weight excluding hydrogens is 206 g/mol. The Morgan fingerprint density at radius 3 is 3.06 bits per heavy atom. The van der Waals surface area contributed by atoms with Crippen LogP contribution in [0.2, 0.25) is 0 Å². The molecule has 16 heavy (non-hydrogen) atoms. The van der Waals surface area contributed by atoms with E-state index in [0.29, 0.717) is 5.82 Å². The first-order valence-corrected chi connectivity index (χ1v) is 5.45. The average molecular weight is 223 g/mol. The van der Waals surface area contributed by atoms with E-state index in [0.717, 1.165) is 19.4 Å². The van der Waals surface area contributed by atoms with Crippen LogP contribution in [-0.4, -0.2) is 28.6 Å². The highest BCUT2D eigenvalue weighted by molar-refractivity contribution is 5.61. The van der Waals surface area contributed by atoms with Crippen molar-refractivity contribution in [3.05, 3.63) is 16.7 Å². The first-order chi connectivity index (χ1) is 7.59. The molecule has 1 fully saturated rings. The lowest BCUT2D eigenvalue weighted by Gasteiger charge is -2.37. The first kappa shape index (κ1) is 10.9. The fourth-order valence-corrected chi connectivity index (χ4v) is 2.15. The standard InChI is InChI=1S/C10H17N5O/c1-6-4-7(11)2-3-15(6)9-8(12)10(16)14-5-13-9/h5-7H,2-4,11-12H2,1H3,(H,13,14,16). The van der Waals surface area contributed by atoms with Gasteiger partial charge in [-0.25, -0.2) is 4.98 Å². The van der Waals surface area contributed by atoms with Crippen molar-refractivity contribution in [1.82, 2.24) is 9.97 Å². The van der Waals surface area contributed by atoms with Crippen molar-refractivity contribution in [1.29, 1.82) is 0 Å².